The van der Waals surface area contributed by atoms with Crippen molar-refractivity contribution in [3.63, 3.8) is 0 Å². The first kappa shape index (κ1) is 9.57. The van der Waals surface area contributed by atoms with E-state index in [0.717, 1.165) is 0 Å². The first-order chi connectivity index (χ1) is 6.24. The molecule has 0 aliphatic heterocycles. The summed E-state index contributed by atoms with van der Waals surface area (Å²) in [4.78, 5) is 0. The number of halogens is 2. The van der Waals surface area contributed by atoms with E-state index in [2.05, 4.69) is 9.85 Å². The van der Waals surface area contributed by atoms with Crippen LogP contribution >= 0.6 is 0 Å². The van der Waals surface area contributed by atoms with E-state index in [1.165, 1.54) is 6.07 Å². The van der Waals surface area contributed by atoms with Gasteiger partial charge in [-0.3, -0.25) is 0 Å². The average Bonchev–Trinajstić information content (AvgIpc) is 2.08. The topological polar surface area (TPSA) is 45.4 Å². The van der Waals surface area contributed by atoms with Gasteiger partial charge in [0.25, 0.3) is 0 Å². The monoisotopic (exact) mass is 186 g/mol. The van der Waals surface area contributed by atoms with Gasteiger partial charge < -0.3 is 4.74 Å². The molecule has 1 aromatic rings. The van der Waals surface area contributed by atoms with Crippen molar-refractivity contribution in [2.45, 2.75) is 13.2 Å². The Morgan fingerprint density at radius 1 is 1.38 bits per heavy atom. The lowest BCUT2D eigenvalue weighted by Crippen LogP contribution is -2.03. The number of rotatable bonds is 4. The highest BCUT2D eigenvalue weighted by Gasteiger charge is 2.07. The number of benzene rings is 1. The second-order valence-electron chi connectivity index (χ2n) is 2.30. The zero-order chi connectivity index (χ0) is 9.68. The molecule has 0 bridgehead atoms. The van der Waals surface area contributed by atoms with Crippen molar-refractivity contribution in [1.29, 1.82) is 5.53 Å². The van der Waals surface area contributed by atoms with E-state index in [9.17, 15) is 8.78 Å². The Hall–Kier alpha value is -1.52. The average molecular weight is 186 g/mol. The second-order valence-corrected chi connectivity index (χ2v) is 2.30. The predicted octanol–water partition coefficient (Wildman–Crippen LogP) is 2.82. The minimum Gasteiger partial charge on any atom is -0.434 e. The number of para-hydroxylation sites is 1. The zero-order valence-electron chi connectivity index (χ0n) is 6.71. The summed E-state index contributed by atoms with van der Waals surface area (Å²) in [7, 11) is 0. The number of nitrogens with zero attached hydrogens (tertiary/aromatic N) is 1. The first-order valence-electron chi connectivity index (χ1n) is 3.60. The first-order valence-corrected chi connectivity index (χ1v) is 3.60. The molecule has 0 amide bonds. The summed E-state index contributed by atoms with van der Waals surface area (Å²) < 4.78 is 27.9. The standard InChI is InChI=1S/C8H8F2N2O/c9-8(10)13-7-4-2-1-3-6(7)5-12-11/h1-4,8,11H,5H2. The van der Waals surface area contributed by atoms with Crippen molar-refractivity contribution in [3.05, 3.63) is 29.8 Å². The lowest BCUT2D eigenvalue weighted by atomic mass is 10.2. The molecule has 70 valence electrons. The molecule has 0 heterocycles. The second kappa shape index (κ2) is 4.49. The van der Waals surface area contributed by atoms with Crippen molar-refractivity contribution < 1.29 is 13.5 Å². The smallest absolute Gasteiger partial charge is 0.387 e. The molecular weight excluding hydrogens is 178 g/mol. The van der Waals surface area contributed by atoms with Gasteiger partial charge in [-0.25, -0.2) is 5.53 Å². The predicted molar refractivity (Wildman–Crippen MR) is 41.9 cm³/mol. The van der Waals surface area contributed by atoms with Gasteiger partial charge in [0.2, 0.25) is 0 Å². The van der Waals surface area contributed by atoms with E-state index >= 15 is 0 Å². The van der Waals surface area contributed by atoms with E-state index in [-0.39, 0.29) is 12.3 Å². The summed E-state index contributed by atoms with van der Waals surface area (Å²) in [6, 6.07) is 6.28. The van der Waals surface area contributed by atoms with Gasteiger partial charge in [-0.2, -0.15) is 13.9 Å². The van der Waals surface area contributed by atoms with E-state index < -0.39 is 6.61 Å². The summed E-state index contributed by atoms with van der Waals surface area (Å²) in [5.41, 5.74) is 7.09. The molecule has 0 aliphatic carbocycles. The fourth-order valence-electron chi connectivity index (χ4n) is 0.931. The highest BCUT2D eigenvalue weighted by molar-refractivity contribution is 5.33. The molecule has 13 heavy (non-hydrogen) atoms. The van der Waals surface area contributed by atoms with Gasteiger partial charge in [-0.15, -0.1) is 0 Å². The molecule has 0 unspecified atom stereocenters. The Balaban J connectivity index is 2.83. The van der Waals surface area contributed by atoms with Crippen LogP contribution in [0.4, 0.5) is 8.78 Å². The molecule has 3 nitrogen and oxygen atoms in total. The molecule has 1 rings (SSSR count). The molecule has 0 saturated carbocycles. The van der Waals surface area contributed by atoms with Gasteiger partial charge in [-0.05, 0) is 6.07 Å². The molecule has 0 aromatic heterocycles. The highest BCUT2D eigenvalue weighted by Crippen LogP contribution is 2.20. The third kappa shape index (κ3) is 2.77. The molecule has 0 atom stereocenters. The lowest BCUT2D eigenvalue weighted by Gasteiger charge is -2.07. The van der Waals surface area contributed by atoms with Crippen LogP contribution in [0.1, 0.15) is 5.56 Å². The Morgan fingerprint density at radius 3 is 2.69 bits per heavy atom. The molecule has 0 radical (unpaired) electrons. The van der Waals surface area contributed by atoms with Crippen LogP contribution in [-0.2, 0) is 6.54 Å². The van der Waals surface area contributed by atoms with Crippen molar-refractivity contribution in [2.75, 3.05) is 0 Å². The summed E-state index contributed by atoms with van der Waals surface area (Å²) in [5, 5.41) is 3.10. The number of nitrogens with one attached hydrogen (secondary N) is 1. The number of ether oxygens (including phenoxy) is 1. The summed E-state index contributed by atoms with van der Waals surface area (Å²) in [5.74, 6) is 0.0773. The van der Waals surface area contributed by atoms with Gasteiger partial charge in [-0.1, -0.05) is 18.2 Å². The third-order valence-electron chi connectivity index (χ3n) is 1.44. The van der Waals surface area contributed by atoms with Crippen LogP contribution in [0.5, 0.6) is 5.75 Å². The Morgan fingerprint density at radius 2 is 2.08 bits per heavy atom. The number of alkyl halides is 2. The van der Waals surface area contributed by atoms with Crippen molar-refractivity contribution in [1.82, 2.24) is 0 Å². The largest absolute Gasteiger partial charge is 0.434 e. The molecule has 1 N–H and O–H groups in total. The van der Waals surface area contributed by atoms with Gasteiger partial charge in [0.05, 0.1) is 6.54 Å². The maximum atomic E-state index is 11.8. The van der Waals surface area contributed by atoms with Crippen molar-refractivity contribution in [3.8, 4) is 5.75 Å². The quantitative estimate of drug-likeness (QED) is 0.722. The fourth-order valence-corrected chi connectivity index (χ4v) is 0.931. The van der Waals surface area contributed by atoms with Gasteiger partial charge in [0.1, 0.15) is 5.75 Å². The molecule has 1 aromatic carbocycles. The van der Waals surface area contributed by atoms with Crippen molar-refractivity contribution in [2.24, 2.45) is 5.11 Å². The van der Waals surface area contributed by atoms with E-state index in [4.69, 9.17) is 5.53 Å². The lowest BCUT2D eigenvalue weighted by molar-refractivity contribution is -0.0504. The maximum absolute atomic E-state index is 11.8. The van der Waals surface area contributed by atoms with Crippen LogP contribution < -0.4 is 4.74 Å². The van der Waals surface area contributed by atoms with E-state index in [1.807, 2.05) is 0 Å². The Kier molecular flexibility index (Phi) is 3.31. The third-order valence-corrected chi connectivity index (χ3v) is 1.44. The Bertz CT molecular complexity index is 291. The van der Waals surface area contributed by atoms with Gasteiger partial charge in [0.15, 0.2) is 0 Å². The van der Waals surface area contributed by atoms with Crippen LogP contribution in [0.15, 0.2) is 29.4 Å². The minimum atomic E-state index is -2.84. The molecule has 0 fully saturated rings. The maximum Gasteiger partial charge on any atom is 0.387 e. The highest BCUT2D eigenvalue weighted by atomic mass is 19.3. The summed E-state index contributed by atoms with van der Waals surface area (Å²) in [6.07, 6.45) is 0. The van der Waals surface area contributed by atoms with Gasteiger partial charge in [0, 0.05) is 5.56 Å². The van der Waals surface area contributed by atoms with Crippen LogP contribution in [-0.4, -0.2) is 6.61 Å². The summed E-state index contributed by atoms with van der Waals surface area (Å²) >= 11 is 0. The molecule has 0 saturated heterocycles. The van der Waals surface area contributed by atoms with Crippen LogP contribution in [0.3, 0.4) is 0 Å². The normalized spacial score (nSPS) is 10.1. The van der Waals surface area contributed by atoms with Gasteiger partial charge >= 0.3 is 6.61 Å². The minimum absolute atomic E-state index is 0.0584. The number of hydrogen-bond acceptors (Lipinski definition) is 3. The molecule has 0 spiro atoms. The zero-order valence-corrected chi connectivity index (χ0v) is 6.71. The number of hydrogen-bond donors (Lipinski definition) is 1. The van der Waals surface area contributed by atoms with E-state index in [0.29, 0.717) is 5.56 Å². The SMILES string of the molecule is N=NCc1ccccc1OC(F)F. The van der Waals surface area contributed by atoms with Crippen LogP contribution in [0.2, 0.25) is 0 Å². The molecule has 5 heteroatoms. The Labute approximate surface area is 73.8 Å². The van der Waals surface area contributed by atoms with Crippen LogP contribution in [0.25, 0.3) is 0 Å². The summed E-state index contributed by atoms with van der Waals surface area (Å²) in [6.45, 7) is -2.78. The molecular formula is C8H8F2N2O. The van der Waals surface area contributed by atoms with Crippen LogP contribution in [0, 0.1) is 5.53 Å². The fraction of sp³-hybridized carbons (Fsp3) is 0.250. The molecule has 0 aliphatic rings. The van der Waals surface area contributed by atoms with E-state index in [1.54, 1.807) is 18.2 Å². The van der Waals surface area contributed by atoms with Crippen molar-refractivity contribution >= 4 is 0 Å².